The number of carbonyl (C=O) groups excluding carboxylic acids is 2. The first-order chi connectivity index (χ1) is 32.5. The minimum atomic E-state index is -3.35. The van der Waals surface area contributed by atoms with Crippen LogP contribution in [0.25, 0.3) is 10.4 Å². The Bertz CT molecular complexity index is 1770. The second-order valence-electron chi connectivity index (χ2n) is 16.6. The van der Waals surface area contributed by atoms with Crippen LogP contribution < -0.4 is 10.6 Å². The lowest BCUT2D eigenvalue weighted by atomic mass is 9.87. The second kappa shape index (κ2) is 25.1. The van der Waals surface area contributed by atoms with Gasteiger partial charge in [0.1, 0.15) is 85.5 Å². The van der Waals surface area contributed by atoms with Crippen LogP contribution in [0.3, 0.4) is 0 Å². The van der Waals surface area contributed by atoms with E-state index >= 15 is 0 Å². The van der Waals surface area contributed by atoms with Gasteiger partial charge in [-0.2, -0.15) is 0 Å². The summed E-state index contributed by atoms with van der Waals surface area (Å²) in [5, 5.41) is 169. The SMILES string of the molecule is CC(=O)N[C@H]1[C@H]([C@H](O)[C@H](O)CO)O[C@@](O[C@H](CO)[C@@H](O)[C@@H]2O[C@@](O[C@H]3[C@@H](O)[C@@H](CO)O[C@@H](O[C@H]4[C@H](O)[C@@H](O)[C@H](OCCCN=[N+]=[N-])O[C@@H]4CO)[C@@H]3O)(C(=O)O)C[C@H](O)[C@H]2NC(C)=O)(C(=O)O)C[C@@H]1O. The molecule has 4 rings (SSSR count). The Morgan fingerprint density at radius 2 is 1.26 bits per heavy atom. The van der Waals surface area contributed by atoms with Gasteiger partial charge in [-0.3, -0.25) is 9.59 Å². The molecule has 0 saturated carbocycles. The molecule has 69 heavy (non-hydrogen) atoms. The lowest BCUT2D eigenvalue weighted by Gasteiger charge is -2.51. The largest absolute Gasteiger partial charge is 0.477 e. The highest BCUT2D eigenvalue weighted by Gasteiger charge is 2.62. The van der Waals surface area contributed by atoms with Crippen molar-refractivity contribution in [2.45, 2.75) is 167 Å². The van der Waals surface area contributed by atoms with Gasteiger partial charge in [0.15, 0.2) is 12.6 Å². The highest BCUT2D eigenvalue weighted by Crippen LogP contribution is 2.40. The predicted molar refractivity (Wildman–Crippen MR) is 214 cm³/mol. The van der Waals surface area contributed by atoms with Crippen LogP contribution in [0, 0.1) is 0 Å². The fraction of sp³-hybridized carbons (Fsp3) is 0.892. The van der Waals surface area contributed by atoms with Crippen LogP contribution in [0.1, 0.15) is 33.1 Å². The summed E-state index contributed by atoms with van der Waals surface area (Å²) in [5.41, 5.74) is 8.45. The first-order valence-electron chi connectivity index (χ1n) is 21.3. The molecular weight excluding hydrogens is 946 g/mol. The zero-order valence-electron chi connectivity index (χ0n) is 36.9. The number of azide groups is 1. The maximum atomic E-state index is 13.3. The minimum absolute atomic E-state index is 0.00201. The molecule has 4 aliphatic rings. The van der Waals surface area contributed by atoms with Gasteiger partial charge in [-0.1, -0.05) is 5.11 Å². The molecule has 4 aliphatic heterocycles. The lowest BCUT2D eigenvalue weighted by Crippen LogP contribution is -2.72. The molecule has 2 amide bonds. The topological polar surface area (TPSA) is 518 Å². The Hall–Kier alpha value is -3.65. The zero-order valence-corrected chi connectivity index (χ0v) is 36.9. The molecule has 4 heterocycles. The van der Waals surface area contributed by atoms with E-state index in [1.54, 1.807) is 0 Å². The van der Waals surface area contributed by atoms with E-state index in [1.165, 1.54) is 0 Å². The van der Waals surface area contributed by atoms with E-state index in [0.717, 1.165) is 13.8 Å². The highest BCUT2D eigenvalue weighted by atomic mass is 16.8. The van der Waals surface area contributed by atoms with Crippen LogP contribution in [0.4, 0.5) is 0 Å². The second-order valence-corrected chi connectivity index (χ2v) is 16.6. The summed E-state index contributed by atoms with van der Waals surface area (Å²) in [6, 6.07) is -3.58. The van der Waals surface area contributed by atoms with Crippen LogP contribution in [0.15, 0.2) is 5.11 Å². The number of carboxylic acids is 2. The standard InChI is InChI=1S/C37H61N5O27/c1-12(47)40-20-14(49)6-36(34(58)59,67-29(20)22(52)16(51)8-43)66-18(10-45)24(54)30-21(41-13(2)48)15(50)7-37(68-30,35(60)61)69-31-23(53)17(9-44)63-33(27(31)57)65-28-19(11-46)64-32(26(56)25(28)55)62-5-3-4-39-42-38/h14-33,43-46,49-57H,3-11H2,1-2H3,(H,40,47)(H,41,48)(H,58,59)(H,60,61)/t14-,15-,16+,17+,18+,19+,20+,21+,22+,23-,24+,25+,26+,27+,28+,29+,30+,31-,32+,33-,36+,37-/m0/s1. The van der Waals surface area contributed by atoms with Crippen LogP contribution in [-0.2, 0) is 57.1 Å². The van der Waals surface area contributed by atoms with Crippen LogP contribution >= 0.6 is 0 Å². The molecule has 0 unspecified atom stereocenters. The van der Waals surface area contributed by atoms with Crippen molar-refractivity contribution in [3.05, 3.63) is 10.4 Å². The van der Waals surface area contributed by atoms with E-state index in [2.05, 4.69) is 20.7 Å². The number of aliphatic hydroxyl groups excluding tert-OH is 13. The molecule has 0 spiro atoms. The Morgan fingerprint density at radius 1 is 0.725 bits per heavy atom. The van der Waals surface area contributed by atoms with Gasteiger partial charge in [0.2, 0.25) is 11.8 Å². The number of rotatable bonds is 23. The van der Waals surface area contributed by atoms with Crippen molar-refractivity contribution in [2.24, 2.45) is 5.11 Å². The zero-order chi connectivity index (χ0) is 51.7. The maximum Gasteiger partial charge on any atom is 0.364 e. The van der Waals surface area contributed by atoms with Crippen molar-refractivity contribution in [2.75, 3.05) is 39.6 Å². The molecule has 0 radical (unpaired) electrons. The Kier molecular flexibility index (Phi) is 21.1. The number of hydrogen-bond acceptors (Lipinski definition) is 26. The number of nitrogens with zero attached hydrogens (tertiary/aromatic N) is 3. The quantitative estimate of drug-likeness (QED) is 0.0196. The van der Waals surface area contributed by atoms with E-state index in [-0.39, 0.29) is 19.6 Å². The maximum absolute atomic E-state index is 13.3. The summed E-state index contributed by atoms with van der Waals surface area (Å²) in [7, 11) is 0. The predicted octanol–water partition coefficient (Wildman–Crippen LogP) is -9.32. The molecule has 4 fully saturated rings. The normalized spacial score (nSPS) is 40.0. The number of amides is 2. The van der Waals surface area contributed by atoms with Gasteiger partial charge in [-0.15, -0.1) is 0 Å². The van der Waals surface area contributed by atoms with E-state index in [4.69, 9.17) is 43.4 Å². The van der Waals surface area contributed by atoms with Crippen molar-refractivity contribution in [1.29, 1.82) is 0 Å². The number of carbonyl (C=O) groups is 4. The van der Waals surface area contributed by atoms with Crippen molar-refractivity contribution in [3.63, 3.8) is 0 Å². The van der Waals surface area contributed by atoms with E-state index < -0.39 is 197 Å². The summed E-state index contributed by atoms with van der Waals surface area (Å²) in [5.74, 6) is -12.7. The number of aliphatic hydroxyl groups is 13. The summed E-state index contributed by atoms with van der Waals surface area (Å²) < 4.78 is 44.7. The van der Waals surface area contributed by atoms with Gasteiger partial charge in [0.25, 0.3) is 11.6 Å². The summed E-state index contributed by atoms with van der Waals surface area (Å²) in [4.78, 5) is 53.1. The third-order valence-corrected chi connectivity index (χ3v) is 11.7. The van der Waals surface area contributed by atoms with Gasteiger partial charge >= 0.3 is 11.9 Å². The highest BCUT2D eigenvalue weighted by molar-refractivity contribution is 5.77. The van der Waals surface area contributed by atoms with Crippen LogP contribution in [0.5, 0.6) is 0 Å². The molecule has 32 nitrogen and oxygen atoms in total. The monoisotopic (exact) mass is 1010 g/mol. The molecule has 396 valence electrons. The average Bonchev–Trinajstić information content (AvgIpc) is 3.30. The van der Waals surface area contributed by atoms with Gasteiger partial charge in [0, 0.05) is 44.8 Å². The van der Waals surface area contributed by atoms with Crippen molar-refractivity contribution in [1.82, 2.24) is 10.6 Å². The molecular formula is C37H61N5O27. The van der Waals surface area contributed by atoms with Gasteiger partial charge < -0.3 is 125 Å². The van der Waals surface area contributed by atoms with Crippen LogP contribution in [0.2, 0.25) is 0 Å². The average molecular weight is 1010 g/mol. The first-order valence-corrected chi connectivity index (χ1v) is 21.3. The first kappa shape index (κ1) is 57.9. The third kappa shape index (κ3) is 13.3. The molecule has 0 aromatic rings. The molecule has 0 aliphatic carbocycles. The van der Waals surface area contributed by atoms with Crippen molar-refractivity contribution in [3.8, 4) is 0 Å². The van der Waals surface area contributed by atoms with Crippen molar-refractivity contribution >= 4 is 23.8 Å². The molecule has 17 N–H and O–H groups in total. The molecule has 4 saturated heterocycles. The van der Waals surface area contributed by atoms with Gasteiger partial charge in [-0.25, -0.2) is 9.59 Å². The van der Waals surface area contributed by atoms with Crippen molar-refractivity contribution < 1.29 is 134 Å². The molecule has 0 aromatic heterocycles. The lowest BCUT2D eigenvalue weighted by molar-refractivity contribution is -0.388. The molecule has 32 heteroatoms. The fourth-order valence-corrected chi connectivity index (χ4v) is 8.26. The van der Waals surface area contributed by atoms with E-state index in [1.807, 2.05) is 0 Å². The molecule has 0 aromatic carbocycles. The summed E-state index contributed by atoms with van der Waals surface area (Å²) in [6.45, 7) is -2.89. The summed E-state index contributed by atoms with van der Waals surface area (Å²) in [6.07, 6.45) is -40.0. The number of ether oxygens (including phenoxy) is 8. The Morgan fingerprint density at radius 3 is 1.77 bits per heavy atom. The minimum Gasteiger partial charge on any atom is -0.477 e. The van der Waals surface area contributed by atoms with Gasteiger partial charge in [0.05, 0.1) is 50.7 Å². The number of carboxylic acid groups (broad SMARTS) is 2. The van der Waals surface area contributed by atoms with E-state index in [9.17, 15) is 95.8 Å². The molecule has 22 atom stereocenters. The van der Waals surface area contributed by atoms with Crippen LogP contribution in [-0.4, -0.2) is 274 Å². The Balaban J connectivity index is 1.67. The number of hydrogen-bond donors (Lipinski definition) is 17. The fourth-order valence-electron chi connectivity index (χ4n) is 8.26. The number of aliphatic carboxylic acids is 2. The Labute approximate surface area is 390 Å². The summed E-state index contributed by atoms with van der Waals surface area (Å²) >= 11 is 0. The van der Waals surface area contributed by atoms with Gasteiger partial charge in [-0.05, 0) is 12.0 Å². The third-order valence-electron chi connectivity index (χ3n) is 11.7. The molecule has 0 bridgehead atoms. The van der Waals surface area contributed by atoms with E-state index in [0.29, 0.717) is 0 Å². The smallest absolute Gasteiger partial charge is 0.364 e. The number of nitrogens with one attached hydrogen (secondary N) is 2.